The number of hydrogen-bond acceptors (Lipinski definition) is 3. The third kappa shape index (κ3) is 3.98. The standard InChI is InChI=1S/C13H20N2O2/c16-13-3-1-2-7-15(13)8-6-14-11-12-4-9-17-10-5-12/h1-3,7,12,14H,4-6,8-11H2. The highest BCUT2D eigenvalue weighted by molar-refractivity contribution is 4.93. The number of nitrogens with zero attached hydrogens (tertiary/aromatic N) is 1. The molecule has 4 nitrogen and oxygen atoms in total. The molecule has 17 heavy (non-hydrogen) atoms. The average molecular weight is 236 g/mol. The second-order valence-electron chi connectivity index (χ2n) is 4.49. The van der Waals surface area contributed by atoms with E-state index >= 15 is 0 Å². The van der Waals surface area contributed by atoms with E-state index in [1.165, 1.54) is 0 Å². The Morgan fingerprint density at radius 2 is 2.18 bits per heavy atom. The van der Waals surface area contributed by atoms with Crippen molar-refractivity contribution in [3.8, 4) is 0 Å². The number of aromatic nitrogens is 1. The van der Waals surface area contributed by atoms with Crippen molar-refractivity contribution < 1.29 is 4.74 Å². The van der Waals surface area contributed by atoms with Crippen molar-refractivity contribution in [2.45, 2.75) is 19.4 Å². The minimum Gasteiger partial charge on any atom is -0.381 e. The topological polar surface area (TPSA) is 43.3 Å². The Bertz CT molecular complexity index is 383. The Balaban J connectivity index is 1.66. The van der Waals surface area contributed by atoms with Gasteiger partial charge in [0.15, 0.2) is 0 Å². The van der Waals surface area contributed by atoms with Gasteiger partial charge in [-0.05, 0) is 31.4 Å². The van der Waals surface area contributed by atoms with E-state index in [1.807, 2.05) is 12.3 Å². The van der Waals surface area contributed by atoms with Crippen LogP contribution in [-0.2, 0) is 11.3 Å². The number of rotatable bonds is 5. The van der Waals surface area contributed by atoms with Gasteiger partial charge in [-0.25, -0.2) is 0 Å². The Morgan fingerprint density at radius 3 is 2.94 bits per heavy atom. The second kappa shape index (κ2) is 6.57. The highest BCUT2D eigenvalue weighted by Gasteiger charge is 2.12. The molecule has 1 aliphatic rings. The lowest BCUT2D eigenvalue weighted by atomic mass is 10.0. The van der Waals surface area contributed by atoms with Crippen molar-refractivity contribution in [2.24, 2.45) is 5.92 Å². The Hall–Kier alpha value is -1.13. The zero-order valence-electron chi connectivity index (χ0n) is 10.1. The number of hydrogen-bond donors (Lipinski definition) is 1. The van der Waals surface area contributed by atoms with Crippen molar-refractivity contribution in [2.75, 3.05) is 26.3 Å². The summed E-state index contributed by atoms with van der Waals surface area (Å²) in [6.45, 7) is 4.41. The molecule has 1 aromatic heterocycles. The van der Waals surface area contributed by atoms with Crippen LogP contribution in [-0.4, -0.2) is 30.9 Å². The van der Waals surface area contributed by atoms with Crippen LogP contribution in [0.4, 0.5) is 0 Å². The quantitative estimate of drug-likeness (QED) is 0.771. The van der Waals surface area contributed by atoms with Crippen molar-refractivity contribution in [1.82, 2.24) is 9.88 Å². The van der Waals surface area contributed by atoms with Gasteiger partial charge in [-0.3, -0.25) is 4.79 Å². The average Bonchev–Trinajstić information content (AvgIpc) is 2.38. The molecule has 1 aliphatic heterocycles. The van der Waals surface area contributed by atoms with Crippen LogP contribution in [0.2, 0.25) is 0 Å². The molecule has 0 aliphatic carbocycles. The molecule has 2 rings (SSSR count). The third-order valence-corrected chi connectivity index (χ3v) is 3.20. The fourth-order valence-electron chi connectivity index (χ4n) is 2.10. The van der Waals surface area contributed by atoms with Gasteiger partial charge in [-0.15, -0.1) is 0 Å². The van der Waals surface area contributed by atoms with Gasteiger partial charge in [0.2, 0.25) is 0 Å². The summed E-state index contributed by atoms with van der Waals surface area (Å²) in [5, 5.41) is 3.42. The first-order valence-electron chi connectivity index (χ1n) is 6.30. The number of nitrogens with one attached hydrogen (secondary N) is 1. The van der Waals surface area contributed by atoms with Crippen LogP contribution in [0.15, 0.2) is 29.2 Å². The highest BCUT2D eigenvalue weighted by atomic mass is 16.5. The zero-order chi connectivity index (χ0) is 11.9. The van der Waals surface area contributed by atoms with Gasteiger partial charge in [-0.1, -0.05) is 6.07 Å². The summed E-state index contributed by atoms with van der Waals surface area (Å²) in [5.74, 6) is 0.733. The molecular weight excluding hydrogens is 216 g/mol. The van der Waals surface area contributed by atoms with Crippen molar-refractivity contribution in [1.29, 1.82) is 0 Å². The predicted molar refractivity (Wildman–Crippen MR) is 67.1 cm³/mol. The summed E-state index contributed by atoms with van der Waals surface area (Å²) in [5.41, 5.74) is 0.0698. The van der Waals surface area contributed by atoms with E-state index in [0.717, 1.165) is 51.6 Å². The van der Waals surface area contributed by atoms with E-state index in [2.05, 4.69) is 5.32 Å². The molecule has 0 aromatic carbocycles. The van der Waals surface area contributed by atoms with E-state index in [1.54, 1.807) is 16.7 Å². The van der Waals surface area contributed by atoms with Gasteiger partial charge in [-0.2, -0.15) is 0 Å². The molecule has 0 spiro atoms. The molecule has 4 heteroatoms. The first kappa shape index (κ1) is 12.3. The van der Waals surface area contributed by atoms with Crippen LogP contribution >= 0.6 is 0 Å². The van der Waals surface area contributed by atoms with E-state index in [9.17, 15) is 4.79 Å². The normalized spacial score (nSPS) is 17.2. The maximum Gasteiger partial charge on any atom is 0.250 e. The lowest BCUT2D eigenvalue weighted by Gasteiger charge is -2.22. The fraction of sp³-hybridized carbons (Fsp3) is 0.615. The summed E-state index contributed by atoms with van der Waals surface area (Å²) < 4.78 is 7.05. The predicted octanol–water partition coefficient (Wildman–Crippen LogP) is 0.864. The summed E-state index contributed by atoms with van der Waals surface area (Å²) in [7, 11) is 0. The Morgan fingerprint density at radius 1 is 1.35 bits per heavy atom. The maximum atomic E-state index is 11.4. The van der Waals surface area contributed by atoms with E-state index in [-0.39, 0.29) is 5.56 Å². The SMILES string of the molecule is O=c1ccccn1CCNCC1CCOCC1. The molecule has 1 saturated heterocycles. The van der Waals surface area contributed by atoms with Crippen LogP contribution in [0, 0.1) is 5.92 Å². The van der Waals surface area contributed by atoms with Crippen molar-refractivity contribution in [3.05, 3.63) is 34.7 Å². The monoisotopic (exact) mass is 236 g/mol. The Labute approximate surface area is 102 Å². The van der Waals surface area contributed by atoms with E-state index < -0.39 is 0 Å². The van der Waals surface area contributed by atoms with E-state index in [4.69, 9.17) is 4.74 Å². The van der Waals surface area contributed by atoms with E-state index in [0.29, 0.717) is 0 Å². The van der Waals surface area contributed by atoms with Crippen LogP contribution in [0.1, 0.15) is 12.8 Å². The summed E-state index contributed by atoms with van der Waals surface area (Å²) in [6, 6.07) is 5.26. The van der Waals surface area contributed by atoms with Gasteiger partial charge in [0.25, 0.3) is 5.56 Å². The third-order valence-electron chi connectivity index (χ3n) is 3.20. The molecule has 1 aromatic rings. The first-order chi connectivity index (χ1) is 8.36. The molecular formula is C13H20N2O2. The molecule has 1 fully saturated rings. The van der Waals surface area contributed by atoms with Crippen molar-refractivity contribution >= 4 is 0 Å². The molecule has 0 unspecified atom stereocenters. The van der Waals surface area contributed by atoms with Gasteiger partial charge in [0.1, 0.15) is 0 Å². The van der Waals surface area contributed by atoms with Crippen LogP contribution < -0.4 is 10.9 Å². The minimum absolute atomic E-state index is 0.0698. The molecule has 0 amide bonds. The number of ether oxygens (including phenoxy) is 1. The lowest BCUT2D eigenvalue weighted by molar-refractivity contribution is 0.0663. The molecule has 0 saturated carbocycles. The molecule has 2 heterocycles. The Kier molecular flexibility index (Phi) is 4.76. The van der Waals surface area contributed by atoms with Gasteiger partial charge in [0.05, 0.1) is 0 Å². The fourth-order valence-corrected chi connectivity index (χ4v) is 2.10. The largest absolute Gasteiger partial charge is 0.381 e. The summed E-state index contributed by atoms with van der Waals surface area (Å²) in [4.78, 5) is 11.4. The molecule has 0 bridgehead atoms. The molecule has 94 valence electrons. The molecule has 0 radical (unpaired) electrons. The number of pyridine rings is 1. The lowest BCUT2D eigenvalue weighted by Crippen LogP contribution is -2.31. The van der Waals surface area contributed by atoms with Gasteiger partial charge < -0.3 is 14.6 Å². The van der Waals surface area contributed by atoms with Crippen LogP contribution in [0.25, 0.3) is 0 Å². The van der Waals surface area contributed by atoms with Gasteiger partial charge in [0, 0.05) is 38.6 Å². The summed E-state index contributed by atoms with van der Waals surface area (Å²) >= 11 is 0. The maximum absolute atomic E-state index is 11.4. The minimum atomic E-state index is 0.0698. The zero-order valence-corrected chi connectivity index (χ0v) is 10.1. The highest BCUT2D eigenvalue weighted by Crippen LogP contribution is 2.12. The first-order valence-corrected chi connectivity index (χ1v) is 6.30. The molecule has 1 N–H and O–H groups in total. The second-order valence-corrected chi connectivity index (χ2v) is 4.49. The summed E-state index contributed by atoms with van der Waals surface area (Å²) in [6.07, 6.45) is 4.13. The van der Waals surface area contributed by atoms with Crippen LogP contribution in [0.3, 0.4) is 0 Å². The van der Waals surface area contributed by atoms with Crippen molar-refractivity contribution in [3.63, 3.8) is 0 Å². The van der Waals surface area contributed by atoms with Gasteiger partial charge >= 0.3 is 0 Å². The smallest absolute Gasteiger partial charge is 0.250 e. The molecule has 0 atom stereocenters. The van der Waals surface area contributed by atoms with Crippen LogP contribution in [0.5, 0.6) is 0 Å².